The van der Waals surface area contributed by atoms with E-state index in [9.17, 15) is 9.59 Å². The molecule has 0 saturated carbocycles. The maximum Gasteiger partial charge on any atom is 0.259 e. The van der Waals surface area contributed by atoms with Gasteiger partial charge < -0.3 is 10.1 Å². The van der Waals surface area contributed by atoms with E-state index >= 15 is 0 Å². The van der Waals surface area contributed by atoms with Crippen molar-refractivity contribution in [3.8, 4) is 0 Å². The van der Waals surface area contributed by atoms with Crippen LogP contribution in [0.5, 0.6) is 0 Å². The summed E-state index contributed by atoms with van der Waals surface area (Å²) in [6, 6.07) is 19.4. The van der Waals surface area contributed by atoms with Crippen molar-refractivity contribution in [1.82, 2.24) is 14.7 Å². The normalized spacial score (nSPS) is 15.8. The lowest BCUT2D eigenvalue weighted by Crippen LogP contribution is -2.35. The first kappa shape index (κ1) is 22.9. The molecule has 3 aromatic rings. The summed E-state index contributed by atoms with van der Waals surface area (Å²) in [5.41, 5.74) is 2.72. The lowest BCUT2D eigenvalue weighted by Gasteiger charge is -2.32. The number of nitrogens with zero attached hydrogens (tertiary/aromatic N) is 3. The second-order valence-corrected chi connectivity index (χ2v) is 8.44. The van der Waals surface area contributed by atoms with E-state index in [1.165, 1.54) is 7.11 Å². The number of carbonyl (C=O) groups excluding carboxylic acids is 2. The molecule has 1 N–H and O–H groups in total. The molecule has 7 heteroatoms. The van der Waals surface area contributed by atoms with Gasteiger partial charge in [0.15, 0.2) is 11.9 Å². The van der Waals surface area contributed by atoms with Crippen LogP contribution in [-0.4, -0.2) is 46.6 Å². The quantitative estimate of drug-likeness (QED) is 0.524. The van der Waals surface area contributed by atoms with Gasteiger partial charge in [-0.25, -0.2) is 4.68 Å². The van der Waals surface area contributed by atoms with Crippen LogP contribution in [0.2, 0.25) is 0 Å². The molecule has 0 unspecified atom stereocenters. The Balaban J connectivity index is 1.36. The van der Waals surface area contributed by atoms with Crippen LogP contribution in [0.15, 0.2) is 66.9 Å². The lowest BCUT2D eigenvalue weighted by atomic mass is 10.0. The number of hydrogen-bond donors (Lipinski definition) is 1. The fourth-order valence-corrected chi connectivity index (χ4v) is 4.39. The van der Waals surface area contributed by atoms with E-state index in [1.54, 1.807) is 13.1 Å². The summed E-state index contributed by atoms with van der Waals surface area (Å²) in [5, 5.41) is 7.49. The highest BCUT2D eigenvalue weighted by Gasteiger charge is 2.25. The van der Waals surface area contributed by atoms with Gasteiger partial charge in [-0.2, -0.15) is 5.10 Å². The van der Waals surface area contributed by atoms with Crippen molar-refractivity contribution in [3.05, 3.63) is 83.6 Å². The molecule has 1 aliphatic rings. The molecule has 7 nitrogen and oxygen atoms in total. The van der Waals surface area contributed by atoms with Crippen molar-refractivity contribution in [2.75, 3.05) is 25.5 Å². The summed E-state index contributed by atoms with van der Waals surface area (Å²) in [6.07, 6.45) is 2.91. The molecule has 1 aliphatic heterocycles. The molecular weight excluding hydrogens is 416 g/mol. The molecule has 1 saturated heterocycles. The summed E-state index contributed by atoms with van der Waals surface area (Å²) >= 11 is 0. The largest absolute Gasteiger partial charge is 0.367 e. The van der Waals surface area contributed by atoms with Gasteiger partial charge in [0.05, 0.1) is 12.2 Å². The predicted molar refractivity (Wildman–Crippen MR) is 127 cm³/mol. The molecule has 2 heterocycles. The number of Topliss-reactive ketones (excluding diaryl/α,β-unsaturated/α-hetero) is 1. The van der Waals surface area contributed by atoms with Crippen molar-refractivity contribution in [2.45, 2.75) is 38.5 Å². The van der Waals surface area contributed by atoms with Gasteiger partial charge in [-0.1, -0.05) is 48.5 Å². The average molecular weight is 447 g/mol. The van der Waals surface area contributed by atoms with Crippen LogP contribution in [0.25, 0.3) is 0 Å². The van der Waals surface area contributed by atoms with Crippen molar-refractivity contribution < 1.29 is 14.3 Å². The topological polar surface area (TPSA) is 76.5 Å². The average Bonchev–Trinajstić information content (AvgIpc) is 3.29. The van der Waals surface area contributed by atoms with Crippen molar-refractivity contribution >= 4 is 17.5 Å². The van der Waals surface area contributed by atoms with Crippen LogP contribution in [-0.2, 0) is 16.1 Å². The van der Waals surface area contributed by atoms with Gasteiger partial charge in [-0.15, -0.1) is 0 Å². The monoisotopic (exact) mass is 446 g/mol. The molecule has 0 spiro atoms. The summed E-state index contributed by atoms with van der Waals surface area (Å²) in [6.45, 7) is 4.27. The van der Waals surface area contributed by atoms with E-state index in [4.69, 9.17) is 4.74 Å². The highest BCUT2D eigenvalue weighted by atomic mass is 16.5. The summed E-state index contributed by atoms with van der Waals surface area (Å²) in [4.78, 5) is 26.9. The van der Waals surface area contributed by atoms with Crippen LogP contribution >= 0.6 is 0 Å². The van der Waals surface area contributed by atoms with E-state index in [0.29, 0.717) is 5.82 Å². The van der Waals surface area contributed by atoms with Gasteiger partial charge in [0.2, 0.25) is 0 Å². The number of amides is 1. The molecule has 33 heavy (non-hydrogen) atoms. The number of likely N-dealkylation sites (tertiary alicyclic amines) is 1. The van der Waals surface area contributed by atoms with Gasteiger partial charge in [0.25, 0.3) is 5.91 Å². The van der Waals surface area contributed by atoms with Gasteiger partial charge in [-0.05, 0) is 37.0 Å². The van der Waals surface area contributed by atoms with E-state index < -0.39 is 6.10 Å². The number of piperidine rings is 1. The first-order valence-electron chi connectivity index (χ1n) is 11.3. The molecule has 0 radical (unpaired) electrons. The molecule has 1 aromatic heterocycles. The smallest absolute Gasteiger partial charge is 0.259 e. The summed E-state index contributed by atoms with van der Waals surface area (Å²) in [7, 11) is 1.54. The Kier molecular flexibility index (Phi) is 7.32. The number of ketones is 1. The van der Waals surface area contributed by atoms with Gasteiger partial charge in [0, 0.05) is 38.4 Å². The number of benzene rings is 2. The minimum atomic E-state index is -0.679. The molecule has 1 fully saturated rings. The SMILES string of the molecule is CO[C@H](C(=O)Nc1ccnn1C1CCN(Cc2cccc(C(C)=O)c2)CC1)c1ccccc1. The van der Waals surface area contributed by atoms with E-state index in [0.717, 1.165) is 49.2 Å². The molecule has 0 aliphatic carbocycles. The second-order valence-electron chi connectivity index (χ2n) is 8.44. The molecule has 1 amide bonds. The standard InChI is InChI=1S/C26H30N4O3/c1-19(31)22-10-6-7-20(17-22)18-29-15-12-23(13-16-29)30-24(11-14-27-30)28-26(32)25(33-2)21-8-4-3-5-9-21/h3-11,14,17,23,25H,12-13,15-16,18H2,1-2H3,(H,28,32)/t25-/m0/s1. The number of ether oxygens (including phenoxy) is 1. The van der Waals surface area contributed by atoms with E-state index in [2.05, 4.69) is 21.4 Å². The number of hydrogen-bond acceptors (Lipinski definition) is 5. The maximum atomic E-state index is 12.9. The Morgan fingerprint density at radius 2 is 1.85 bits per heavy atom. The zero-order valence-corrected chi connectivity index (χ0v) is 19.1. The third kappa shape index (κ3) is 5.56. The van der Waals surface area contributed by atoms with Crippen LogP contribution < -0.4 is 5.32 Å². The maximum absolute atomic E-state index is 12.9. The number of nitrogens with one attached hydrogen (secondary N) is 1. The first-order valence-corrected chi connectivity index (χ1v) is 11.3. The third-order valence-electron chi connectivity index (χ3n) is 6.14. The van der Waals surface area contributed by atoms with Crippen molar-refractivity contribution in [2.24, 2.45) is 0 Å². The van der Waals surface area contributed by atoms with Crippen LogP contribution in [0.4, 0.5) is 5.82 Å². The Morgan fingerprint density at radius 3 is 2.55 bits per heavy atom. The third-order valence-corrected chi connectivity index (χ3v) is 6.14. The molecule has 1 atom stereocenters. The number of aromatic nitrogens is 2. The first-order chi connectivity index (χ1) is 16.0. The fourth-order valence-electron chi connectivity index (χ4n) is 4.39. The Hall–Kier alpha value is -3.29. The number of methoxy groups -OCH3 is 1. The van der Waals surface area contributed by atoms with Crippen molar-refractivity contribution in [3.63, 3.8) is 0 Å². The summed E-state index contributed by atoms with van der Waals surface area (Å²) in [5.74, 6) is 0.561. The summed E-state index contributed by atoms with van der Waals surface area (Å²) < 4.78 is 7.38. The molecule has 172 valence electrons. The molecule has 0 bridgehead atoms. The minimum Gasteiger partial charge on any atom is -0.367 e. The second kappa shape index (κ2) is 10.6. The van der Waals surface area contributed by atoms with Gasteiger partial charge in [0.1, 0.15) is 5.82 Å². The number of rotatable bonds is 8. The lowest BCUT2D eigenvalue weighted by molar-refractivity contribution is -0.126. The number of anilines is 1. The fraction of sp³-hybridized carbons (Fsp3) is 0.346. The van der Waals surface area contributed by atoms with Crippen LogP contribution in [0.3, 0.4) is 0 Å². The zero-order valence-electron chi connectivity index (χ0n) is 19.1. The number of carbonyl (C=O) groups is 2. The highest BCUT2D eigenvalue weighted by molar-refractivity contribution is 5.94. The van der Waals surface area contributed by atoms with Gasteiger partial charge >= 0.3 is 0 Å². The van der Waals surface area contributed by atoms with Crippen LogP contribution in [0, 0.1) is 0 Å². The zero-order chi connectivity index (χ0) is 23.2. The van der Waals surface area contributed by atoms with E-state index in [1.807, 2.05) is 59.3 Å². The highest BCUT2D eigenvalue weighted by Crippen LogP contribution is 2.27. The Bertz CT molecular complexity index is 1090. The Morgan fingerprint density at radius 1 is 1.09 bits per heavy atom. The molecular formula is C26H30N4O3. The van der Waals surface area contributed by atoms with Crippen LogP contribution in [0.1, 0.15) is 53.4 Å². The van der Waals surface area contributed by atoms with Gasteiger partial charge in [-0.3, -0.25) is 14.5 Å². The van der Waals surface area contributed by atoms with Crippen molar-refractivity contribution in [1.29, 1.82) is 0 Å². The van der Waals surface area contributed by atoms with E-state index in [-0.39, 0.29) is 17.7 Å². The minimum absolute atomic E-state index is 0.0896. The Labute approximate surface area is 194 Å². The predicted octanol–water partition coefficient (Wildman–Crippen LogP) is 4.25. The molecule has 2 aromatic carbocycles. The molecule has 4 rings (SSSR count).